The zero-order valence-corrected chi connectivity index (χ0v) is 28.4. The highest BCUT2D eigenvalue weighted by atomic mass is 19.1. The Hall–Kier alpha value is -3.85. The van der Waals surface area contributed by atoms with Crippen molar-refractivity contribution in [3.63, 3.8) is 0 Å². The lowest BCUT2D eigenvalue weighted by Gasteiger charge is -2.48. The number of nitrogens with one attached hydrogen (secondary N) is 1. The summed E-state index contributed by atoms with van der Waals surface area (Å²) in [5.74, 6) is -0.283. The molecule has 3 aliphatic rings. The van der Waals surface area contributed by atoms with Crippen LogP contribution in [0.15, 0.2) is 30.3 Å². The summed E-state index contributed by atoms with van der Waals surface area (Å²) in [4.78, 5) is 51.4. The van der Waals surface area contributed by atoms with Crippen molar-refractivity contribution in [2.24, 2.45) is 0 Å². The Balaban J connectivity index is 1.44. The van der Waals surface area contributed by atoms with Crippen molar-refractivity contribution >= 4 is 29.4 Å². The third kappa shape index (κ3) is 8.23. The molecule has 0 spiro atoms. The number of methoxy groups -OCH3 is 1. The number of nitrogens with zero attached hydrogens (tertiary/aromatic N) is 5. The number of carbonyl (C=O) groups excluding carboxylic acids is 2. The van der Waals surface area contributed by atoms with Gasteiger partial charge in [0.1, 0.15) is 23.9 Å². The smallest absolute Gasteiger partial charge is 0.407 e. The largest absolute Gasteiger partial charge is 0.474 e. The van der Waals surface area contributed by atoms with Crippen LogP contribution in [0.25, 0.3) is 0 Å². The van der Waals surface area contributed by atoms with Crippen LogP contribution in [0, 0.1) is 5.82 Å². The zero-order valence-electron chi connectivity index (χ0n) is 28.4. The number of piperazine rings is 1. The number of carboxylic acid groups (broad SMARTS) is 1. The molecule has 48 heavy (non-hydrogen) atoms. The van der Waals surface area contributed by atoms with Gasteiger partial charge in [0.05, 0.1) is 38.8 Å². The Morgan fingerprint density at radius 1 is 1.02 bits per heavy atom. The Morgan fingerprint density at radius 2 is 1.73 bits per heavy atom. The number of amides is 3. The van der Waals surface area contributed by atoms with Crippen LogP contribution < -0.4 is 15.0 Å². The van der Waals surface area contributed by atoms with Crippen LogP contribution in [0.1, 0.15) is 45.2 Å². The average Bonchev–Trinajstić information content (AvgIpc) is 3.04. The lowest BCUT2D eigenvalue weighted by atomic mass is 10.0. The highest BCUT2D eigenvalue weighted by Crippen LogP contribution is 2.37. The second-order valence-electron chi connectivity index (χ2n) is 13.1. The SMILES string of the molecule is COCCC(=O)Nc1nc2c(cc1Cc1ccc(F)cc1)N(C(=O)CN1C[C@@H](C)N(C(=O)O)C[C@@H]1CN1[C@H](C)COC[C@H]1C)[C@@H](C)CO2. The van der Waals surface area contributed by atoms with E-state index < -0.39 is 6.09 Å². The molecule has 0 saturated carbocycles. The van der Waals surface area contributed by atoms with Crippen LogP contribution in [0.3, 0.4) is 0 Å². The van der Waals surface area contributed by atoms with Gasteiger partial charge in [0, 0.05) is 62.9 Å². The normalized spacial score (nSPS) is 24.9. The second-order valence-corrected chi connectivity index (χ2v) is 13.1. The third-order valence-electron chi connectivity index (χ3n) is 9.39. The van der Waals surface area contributed by atoms with E-state index in [2.05, 4.69) is 33.9 Å². The quantitative estimate of drug-likeness (QED) is 0.388. The van der Waals surface area contributed by atoms with Crippen molar-refractivity contribution in [2.45, 2.75) is 70.7 Å². The maximum Gasteiger partial charge on any atom is 0.407 e. The van der Waals surface area contributed by atoms with Gasteiger partial charge in [-0.2, -0.15) is 4.98 Å². The molecule has 2 fully saturated rings. The second kappa shape index (κ2) is 15.6. The predicted molar refractivity (Wildman–Crippen MR) is 177 cm³/mol. The first-order valence-electron chi connectivity index (χ1n) is 16.5. The molecular weight excluding hydrogens is 623 g/mol. The number of benzene rings is 1. The van der Waals surface area contributed by atoms with Crippen LogP contribution >= 0.6 is 0 Å². The highest BCUT2D eigenvalue weighted by Gasteiger charge is 2.40. The van der Waals surface area contributed by atoms with Crippen LogP contribution in [0.5, 0.6) is 5.88 Å². The minimum atomic E-state index is -0.970. The molecule has 5 atom stereocenters. The molecule has 3 amide bonds. The molecule has 2 saturated heterocycles. The third-order valence-corrected chi connectivity index (χ3v) is 9.39. The Kier molecular flexibility index (Phi) is 11.5. The Labute approximate surface area is 280 Å². The van der Waals surface area contributed by atoms with Gasteiger partial charge in [-0.15, -0.1) is 0 Å². The zero-order chi connectivity index (χ0) is 34.5. The van der Waals surface area contributed by atoms with E-state index in [-0.39, 0.29) is 86.4 Å². The number of aromatic nitrogens is 1. The molecule has 5 rings (SSSR count). The lowest BCUT2D eigenvalue weighted by Crippen LogP contribution is -2.65. The monoisotopic (exact) mass is 670 g/mol. The van der Waals surface area contributed by atoms with E-state index in [9.17, 15) is 23.9 Å². The molecule has 262 valence electrons. The van der Waals surface area contributed by atoms with E-state index in [0.29, 0.717) is 49.8 Å². The molecule has 2 N–H and O–H groups in total. The minimum absolute atomic E-state index is 0.0716. The minimum Gasteiger partial charge on any atom is -0.474 e. The highest BCUT2D eigenvalue weighted by molar-refractivity contribution is 5.98. The van der Waals surface area contributed by atoms with Gasteiger partial charge < -0.3 is 34.4 Å². The van der Waals surface area contributed by atoms with Gasteiger partial charge in [-0.3, -0.25) is 19.4 Å². The van der Waals surface area contributed by atoms with Gasteiger partial charge in [0.15, 0.2) is 0 Å². The van der Waals surface area contributed by atoms with Crippen molar-refractivity contribution < 1.29 is 38.1 Å². The van der Waals surface area contributed by atoms with E-state index in [4.69, 9.17) is 14.2 Å². The lowest BCUT2D eigenvalue weighted by molar-refractivity contribution is -0.123. The fraction of sp³-hybridized carbons (Fsp3) is 0.588. The fourth-order valence-electron chi connectivity index (χ4n) is 6.78. The topological polar surface area (TPSA) is 137 Å². The van der Waals surface area contributed by atoms with Crippen molar-refractivity contribution in [1.82, 2.24) is 19.7 Å². The van der Waals surface area contributed by atoms with Gasteiger partial charge in [0.25, 0.3) is 0 Å². The number of ether oxygens (including phenoxy) is 3. The van der Waals surface area contributed by atoms with Crippen LogP contribution in [0.4, 0.5) is 20.7 Å². The number of halogens is 1. The van der Waals surface area contributed by atoms with Crippen LogP contribution in [0.2, 0.25) is 0 Å². The summed E-state index contributed by atoms with van der Waals surface area (Å²) in [6.07, 6.45) is -0.518. The van der Waals surface area contributed by atoms with E-state index in [0.717, 1.165) is 5.56 Å². The summed E-state index contributed by atoms with van der Waals surface area (Å²) in [6.45, 7) is 11.0. The predicted octanol–water partition coefficient (Wildman–Crippen LogP) is 3.06. The first kappa shape index (κ1) is 35.5. The van der Waals surface area contributed by atoms with Gasteiger partial charge in [0.2, 0.25) is 17.7 Å². The number of anilines is 2. The van der Waals surface area contributed by atoms with Crippen molar-refractivity contribution in [3.05, 3.63) is 47.3 Å². The first-order valence-corrected chi connectivity index (χ1v) is 16.5. The molecular formula is C34H47FN6O7. The van der Waals surface area contributed by atoms with Gasteiger partial charge >= 0.3 is 6.09 Å². The Morgan fingerprint density at radius 3 is 2.40 bits per heavy atom. The number of hydrogen-bond donors (Lipinski definition) is 2. The molecule has 2 aromatic rings. The Bertz CT molecular complexity index is 1450. The molecule has 1 aromatic heterocycles. The standard InChI is InChI=1S/C34H47FN6O7/c1-21-14-38(28(16-40(21)34(44)45)15-39-22(2)18-47-19-23(39)3)17-31(43)41-24(4)20-48-33-29(41)13-26(12-25-6-8-27(35)9-7-25)32(37-33)36-30(42)10-11-46-5/h6-9,13,21-24,28H,10-12,14-20H2,1-5H3,(H,44,45)(H,36,37,42)/t21-,22-,23-,24+,28+/m1/s1. The molecule has 1 aromatic carbocycles. The molecule has 0 aliphatic carbocycles. The van der Waals surface area contributed by atoms with Gasteiger partial charge in [-0.25, -0.2) is 9.18 Å². The number of pyridine rings is 1. The molecule has 0 unspecified atom stereocenters. The van der Waals surface area contributed by atoms with E-state index in [1.807, 2.05) is 19.9 Å². The summed E-state index contributed by atoms with van der Waals surface area (Å²) >= 11 is 0. The van der Waals surface area contributed by atoms with Crippen molar-refractivity contribution in [2.75, 3.05) is 69.9 Å². The number of rotatable bonds is 10. The fourth-order valence-corrected chi connectivity index (χ4v) is 6.78. The van der Waals surface area contributed by atoms with E-state index in [1.165, 1.54) is 24.1 Å². The summed E-state index contributed by atoms with van der Waals surface area (Å²) in [6, 6.07) is 7.38. The molecule has 0 radical (unpaired) electrons. The average molecular weight is 671 g/mol. The van der Waals surface area contributed by atoms with E-state index >= 15 is 0 Å². The van der Waals surface area contributed by atoms with Crippen LogP contribution in [-0.4, -0.2) is 133 Å². The van der Waals surface area contributed by atoms with Gasteiger partial charge in [-0.05, 0) is 51.5 Å². The maximum atomic E-state index is 14.3. The molecule has 3 aliphatic heterocycles. The molecule has 14 heteroatoms. The number of morpholine rings is 1. The maximum absolute atomic E-state index is 14.3. The summed E-state index contributed by atoms with van der Waals surface area (Å²) in [7, 11) is 1.52. The number of fused-ring (bicyclic) bond motifs is 1. The molecule has 0 bridgehead atoms. The molecule has 4 heterocycles. The number of carbonyl (C=O) groups is 3. The van der Waals surface area contributed by atoms with Crippen LogP contribution in [-0.2, 0) is 25.5 Å². The molecule has 13 nitrogen and oxygen atoms in total. The summed E-state index contributed by atoms with van der Waals surface area (Å²) in [5, 5.41) is 12.8. The van der Waals surface area contributed by atoms with Crippen molar-refractivity contribution in [1.29, 1.82) is 0 Å². The van der Waals surface area contributed by atoms with Gasteiger partial charge in [-0.1, -0.05) is 12.1 Å². The van der Waals surface area contributed by atoms with Crippen molar-refractivity contribution in [3.8, 4) is 5.88 Å². The van der Waals surface area contributed by atoms with E-state index in [1.54, 1.807) is 17.0 Å². The summed E-state index contributed by atoms with van der Waals surface area (Å²) in [5.41, 5.74) is 1.92. The first-order chi connectivity index (χ1) is 22.9. The summed E-state index contributed by atoms with van der Waals surface area (Å²) < 4.78 is 30.5. The number of hydrogen-bond acceptors (Lipinski definition) is 9.